The van der Waals surface area contributed by atoms with Gasteiger partial charge in [0.05, 0.1) is 13.2 Å². The van der Waals surface area contributed by atoms with Crippen LogP contribution in [0.2, 0.25) is 0 Å². The molecule has 2 atom stereocenters. The fraction of sp³-hybridized carbons (Fsp3) is 0.562. The number of amides is 1. The second-order valence-corrected chi connectivity index (χ2v) is 5.61. The Morgan fingerprint density at radius 1 is 1.33 bits per heavy atom. The molecule has 5 nitrogen and oxygen atoms in total. The Labute approximate surface area is 126 Å². The highest BCUT2D eigenvalue weighted by Gasteiger charge is 2.22. The van der Waals surface area contributed by atoms with Gasteiger partial charge in [0.2, 0.25) is 5.91 Å². The largest absolute Gasteiger partial charge is 0.508 e. The molecule has 21 heavy (non-hydrogen) atoms. The van der Waals surface area contributed by atoms with Gasteiger partial charge in [-0.1, -0.05) is 13.8 Å². The van der Waals surface area contributed by atoms with Crippen molar-refractivity contribution >= 4 is 5.91 Å². The first-order chi connectivity index (χ1) is 9.88. The summed E-state index contributed by atoms with van der Waals surface area (Å²) in [6, 6.07) is 4.62. The van der Waals surface area contributed by atoms with E-state index in [4.69, 9.17) is 4.74 Å². The zero-order valence-corrected chi connectivity index (χ0v) is 13.4. The number of carbonyl (C=O) groups excluding carboxylic acids is 1. The van der Waals surface area contributed by atoms with Crippen LogP contribution in [0.1, 0.15) is 38.8 Å². The SMILES string of the molecule is CNC(=O)C(CC(C)C)NC(C)c1cc(OC)ccc1O. The summed E-state index contributed by atoms with van der Waals surface area (Å²) in [4.78, 5) is 12.0. The molecular weight excluding hydrogens is 268 g/mol. The van der Waals surface area contributed by atoms with Crippen LogP contribution in [0, 0.1) is 5.92 Å². The number of phenolic OH excluding ortho intramolecular Hbond substituents is 1. The second kappa shape index (κ2) is 7.88. The van der Waals surface area contributed by atoms with Crippen LogP contribution in [0.4, 0.5) is 0 Å². The van der Waals surface area contributed by atoms with Gasteiger partial charge in [0.15, 0.2) is 0 Å². The van der Waals surface area contributed by atoms with Gasteiger partial charge in [0.25, 0.3) is 0 Å². The molecule has 1 aromatic carbocycles. The van der Waals surface area contributed by atoms with Crippen molar-refractivity contribution in [3.05, 3.63) is 23.8 Å². The number of phenols is 1. The fourth-order valence-electron chi connectivity index (χ4n) is 2.29. The summed E-state index contributed by atoms with van der Waals surface area (Å²) < 4.78 is 5.18. The number of methoxy groups -OCH3 is 1. The molecular formula is C16H26N2O3. The minimum absolute atomic E-state index is 0.0436. The molecule has 1 amide bonds. The van der Waals surface area contributed by atoms with Gasteiger partial charge in [0.1, 0.15) is 11.5 Å². The minimum Gasteiger partial charge on any atom is -0.508 e. The van der Waals surface area contributed by atoms with E-state index in [0.717, 1.165) is 6.42 Å². The molecule has 118 valence electrons. The van der Waals surface area contributed by atoms with Gasteiger partial charge in [-0.05, 0) is 37.5 Å². The van der Waals surface area contributed by atoms with E-state index in [0.29, 0.717) is 17.2 Å². The molecule has 0 aliphatic rings. The average Bonchev–Trinajstić information content (AvgIpc) is 2.45. The van der Waals surface area contributed by atoms with E-state index in [2.05, 4.69) is 24.5 Å². The Morgan fingerprint density at radius 3 is 2.52 bits per heavy atom. The van der Waals surface area contributed by atoms with Crippen LogP contribution in [-0.2, 0) is 4.79 Å². The van der Waals surface area contributed by atoms with Crippen LogP contribution in [0.5, 0.6) is 11.5 Å². The van der Waals surface area contributed by atoms with Crippen LogP contribution < -0.4 is 15.4 Å². The molecule has 1 rings (SSSR count). The fourth-order valence-corrected chi connectivity index (χ4v) is 2.29. The molecule has 0 heterocycles. The van der Waals surface area contributed by atoms with E-state index >= 15 is 0 Å². The van der Waals surface area contributed by atoms with Crippen molar-refractivity contribution in [2.75, 3.05) is 14.2 Å². The first-order valence-corrected chi connectivity index (χ1v) is 7.23. The lowest BCUT2D eigenvalue weighted by Gasteiger charge is -2.24. The first kappa shape index (κ1) is 17.3. The average molecular weight is 294 g/mol. The third-order valence-electron chi connectivity index (χ3n) is 3.42. The molecule has 0 bridgehead atoms. The normalized spacial score (nSPS) is 13.8. The zero-order chi connectivity index (χ0) is 16.0. The van der Waals surface area contributed by atoms with Gasteiger partial charge < -0.3 is 15.2 Å². The van der Waals surface area contributed by atoms with Crippen molar-refractivity contribution in [2.45, 2.75) is 39.3 Å². The van der Waals surface area contributed by atoms with E-state index in [-0.39, 0.29) is 23.7 Å². The lowest BCUT2D eigenvalue weighted by Crippen LogP contribution is -2.44. The summed E-state index contributed by atoms with van der Waals surface area (Å²) >= 11 is 0. The third-order valence-corrected chi connectivity index (χ3v) is 3.42. The van der Waals surface area contributed by atoms with Gasteiger partial charge in [-0.3, -0.25) is 10.1 Å². The molecule has 0 aliphatic carbocycles. The van der Waals surface area contributed by atoms with Crippen molar-refractivity contribution in [1.82, 2.24) is 10.6 Å². The van der Waals surface area contributed by atoms with Gasteiger partial charge in [-0.2, -0.15) is 0 Å². The number of ether oxygens (including phenoxy) is 1. The minimum atomic E-state index is -0.296. The third kappa shape index (κ3) is 4.93. The van der Waals surface area contributed by atoms with Crippen molar-refractivity contribution in [2.24, 2.45) is 5.92 Å². The predicted octanol–water partition coefficient (Wildman–Crippen LogP) is 2.21. The lowest BCUT2D eigenvalue weighted by atomic mass is 10.00. The standard InChI is InChI=1S/C16H26N2O3/c1-10(2)8-14(16(20)17-4)18-11(3)13-9-12(21-5)6-7-15(13)19/h6-7,9-11,14,18-19H,8H2,1-5H3,(H,17,20). The predicted molar refractivity (Wildman–Crippen MR) is 83.5 cm³/mol. The molecule has 3 N–H and O–H groups in total. The van der Waals surface area contributed by atoms with Crippen LogP contribution in [0.3, 0.4) is 0 Å². The number of benzene rings is 1. The quantitative estimate of drug-likeness (QED) is 0.721. The highest BCUT2D eigenvalue weighted by atomic mass is 16.5. The molecule has 0 saturated carbocycles. The van der Waals surface area contributed by atoms with E-state index in [9.17, 15) is 9.90 Å². The monoisotopic (exact) mass is 294 g/mol. The Hall–Kier alpha value is -1.75. The maximum absolute atomic E-state index is 12.0. The van der Waals surface area contributed by atoms with E-state index < -0.39 is 0 Å². The van der Waals surface area contributed by atoms with Crippen LogP contribution in [-0.4, -0.2) is 31.2 Å². The summed E-state index contributed by atoms with van der Waals surface area (Å²) in [6.07, 6.45) is 0.731. The van der Waals surface area contributed by atoms with Crippen molar-refractivity contribution in [1.29, 1.82) is 0 Å². The number of carbonyl (C=O) groups is 1. The van der Waals surface area contributed by atoms with Gasteiger partial charge in [-0.25, -0.2) is 0 Å². The molecule has 2 unspecified atom stereocenters. The van der Waals surface area contributed by atoms with Crippen LogP contribution in [0.25, 0.3) is 0 Å². The molecule has 1 aromatic rings. The maximum atomic E-state index is 12.0. The maximum Gasteiger partial charge on any atom is 0.236 e. The van der Waals surface area contributed by atoms with Crippen molar-refractivity contribution in [3.8, 4) is 11.5 Å². The van der Waals surface area contributed by atoms with Crippen LogP contribution >= 0.6 is 0 Å². The molecule has 0 radical (unpaired) electrons. The highest BCUT2D eigenvalue weighted by Crippen LogP contribution is 2.28. The summed E-state index contributed by atoms with van der Waals surface area (Å²) in [6.45, 7) is 6.07. The second-order valence-electron chi connectivity index (χ2n) is 5.61. The summed E-state index contributed by atoms with van der Waals surface area (Å²) in [7, 11) is 3.21. The highest BCUT2D eigenvalue weighted by molar-refractivity contribution is 5.81. The number of likely N-dealkylation sites (N-methyl/N-ethyl adjacent to an activating group) is 1. The molecule has 0 aromatic heterocycles. The Kier molecular flexibility index (Phi) is 6.49. The number of rotatable bonds is 7. The molecule has 5 heteroatoms. The van der Waals surface area contributed by atoms with Gasteiger partial charge in [-0.15, -0.1) is 0 Å². The summed E-state index contributed by atoms with van der Waals surface area (Å²) in [5.41, 5.74) is 0.715. The number of hydrogen-bond donors (Lipinski definition) is 3. The first-order valence-electron chi connectivity index (χ1n) is 7.23. The van der Waals surface area contributed by atoms with Crippen molar-refractivity contribution < 1.29 is 14.6 Å². The lowest BCUT2D eigenvalue weighted by molar-refractivity contribution is -0.123. The molecule has 0 spiro atoms. The van der Waals surface area contributed by atoms with Crippen molar-refractivity contribution in [3.63, 3.8) is 0 Å². The molecule has 0 aliphatic heterocycles. The number of aromatic hydroxyl groups is 1. The van der Waals surface area contributed by atoms with Gasteiger partial charge in [0, 0.05) is 18.7 Å². The Balaban J connectivity index is 2.90. The summed E-state index contributed by atoms with van der Waals surface area (Å²) in [5, 5.41) is 16.0. The zero-order valence-electron chi connectivity index (χ0n) is 13.4. The Morgan fingerprint density at radius 2 is 2.00 bits per heavy atom. The van der Waals surface area contributed by atoms with Gasteiger partial charge >= 0.3 is 0 Å². The summed E-state index contributed by atoms with van der Waals surface area (Å²) in [5.74, 6) is 1.22. The number of nitrogens with one attached hydrogen (secondary N) is 2. The molecule has 0 fully saturated rings. The van der Waals surface area contributed by atoms with E-state index in [1.807, 2.05) is 6.92 Å². The van der Waals surface area contributed by atoms with E-state index in [1.165, 1.54) is 0 Å². The Bertz CT molecular complexity index is 475. The molecule has 0 saturated heterocycles. The topological polar surface area (TPSA) is 70.6 Å². The van der Waals surface area contributed by atoms with E-state index in [1.54, 1.807) is 32.4 Å². The van der Waals surface area contributed by atoms with Crippen LogP contribution in [0.15, 0.2) is 18.2 Å². The smallest absolute Gasteiger partial charge is 0.236 e. The number of hydrogen-bond acceptors (Lipinski definition) is 4.